The van der Waals surface area contributed by atoms with Crippen LogP contribution in [0.15, 0.2) is 36.4 Å². The summed E-state index contributed by atoms with van der Waals surface area (Å²) in [6.07, 6.45) is 0. The molecule has 0 amide bonds. The van der Waals surface area contributed by atoms with Crippen LogP contribution in [-0.4, -0.2) is 16.0 Å². The first-order valence-electron chi connectivity index (χ1n) is 5.62. The molecule has 0 atom stereocenters. The number of benzene rings is 2. The van der Waals surface area contributed by atoms with E-state index in [1.165, 1.54) is 12.1 Å². The fourth-order valence-corrected chi connectivity index (χ4v) is 1.78. The fourth-order valence-electron chi connectivity index (χ4n) is 1.66. The molecule has 0 aliphatic heterocycles. The summed E-state index contributed by atoms with van der Waals surface area (Å²) in [5.74, 6) is -1.92. The molecule has 0 aromatic heterocycles. The van der Waals surface area contributed by atoms with E-state index in [-0.39, 0.29) is 27.6 Å². The lowest BCUT2D eigenvalue weighted by Crippen LogP contribution is -2.02. The minimum atomic E-state index is -1.23. The summed E-state index contributed by atoms with van der Waals surface area (Å²) in [4.78, 5) is 21.2. The minimum Gasteiger partial charge on any atom is -0.478 e. The van der Waals surface area contributed by atoms with E-state index >= 15 is 0 Å². The van der Waals surface area contributed by atoms with Crippen molar-refractivity contribution in [1.29, 1.82) is 0 Å². The van der Waals surface area contributed by atoms with Gasteiger partial charge in [0, 0.05) is 11.8 Å². The van der Waals surface area contributed by atoms with Crippen LogP contribution in [0.4, 0.5) is 21.5 Å². The number of halogens is 2. The number of nitrogens with one attached hydrogen (secondary N) is 1. The molecule has 0 aliphatic rings. The number of carbonyl (C=O) groups is 1. The van der Waals surface area contributed by atoms with Crippen molar-refractivity contribution in [2.75, 3.05) is 5.32 Å². The Bertz CT molecular complexity index is 736. The van der Waals surface area contributed by atoms with E-state index in [1.807, 2.05) is 0 Å². The number of anilines is 2. The zero-order valence-electron chi connectivity index (χ0n) is 10.3. The van der Waals surface area contributed by atoms with Gasteiger partial charge in [0.25, 0.3) is 5.69 Å². The van der Waals surface area contributed by atoms with Crippen LogP contribution < -0.4 is 5.32 Å². The average molecular weight is 311 g/mol. The van der Waals surface area contributed by atoms with Crippen LogP contribution in [0.2, 0.25) is 5.02 Å². The van der Waals surface area contributed by atoms with Crippen LogP contribution >= 0.6 is 11.6 Å². The Labute approximate surface area is 122 Å². The zero-order valence-corrected chi connectivity index (χ0v) is 11.1. The van der Waals surface area contributed by atoms with Gasteiger partial charge in [0.2, 0.25) is 0 Å². The molecule has 108 valence electrons. The zero-order chi connectivity index (χ0) is 15.6. The van der Waals surface area contributed by atoms with Gasteiger partial charge in [0.1, 0.15) is 11.5 Å². The van der Waals surface area contributed by atoms with Crippen LogP contribution in [0.5, 0.6) is 0 Å². The lowest BCUT2D eigenvalue weighted by atomic mass is 10.1. The van der Waals surface area contributed by atoms with Crippen molar-refractivity contribution in [3.63, 3.8) is 0 Å². The number of aromatic carboxylic acids is 1. The summed E-state index contributed by atoms with van der Waals surface area (Å²) in [6.45, 7) is 0. The Morgan fingerprint density at radius 3 is 2.57 bits per heavy atom. The van der Waals surface area contributed by atoms with E-state index in [2.05, 4.69) is 5.32 Å². The quantitative estimate of drug-likeness (QED) is 0.661. The monoisotopic (exact) mass is 310 g/mol. The Morgan fingerprint density at radius 1 is 1.29 bits per heavy atom. The first-order chi connectivity index (χ1) is 9.88. The maximum Gasteiger partial charge on any atom is 0.335 e. The van der Waals surface area contributed by atoms with Crippen LogP contribution in [-0.2, 0) is 0 Å². The van der Waals surface area contributed by atoms with Crippen LogP contribution in [0.3, 0.4) is 0 Å². The summed E-state index contributed by atoms with van der Waals surface area (Å²) in [7, 11) is 0. The molecule has 0 spiro atoms. The highest BCUT2D eigenvalue weighted by molar-refractivity contribution is 6.30. The standard InChI is InChI=1S/C13H8ClFN2O4/c14-9-3-2-8(6-10(9)15)16-11-5-7(13(18)19)1-4-12(11)17(20)21/h1-6,16H,(H,18,19). The molecule has 0 saturated heterocycles. The van der Waals surface area contributed by atoms with Gasteiger partial charge in [-0.25, -0.2) is 9.18 Å². The van der Waals surface area contributed by atoms with E-state index in [1.54, 1.807) is 0 Å². The van der Waals surface area contributed by atoms with E-state index in [0.29, 0.717) is 0 Å². The molecule has 0 radical (unpaired) electrons. The Hall–Kier alpha value is -2.67. The average Bonchev–Trinajstić information content (AvgIpc) is 2.42. The van der Waals surface area contributed by atoms with Gasteiger partial charge in [0.15, 0.2) is 0 Å². The molecule has 0 heterocycles. The van der Waals surface area contributed by atoms with Crippen LogP contribution in [0.1, 0.15) is 10.4 Å². The van der Waals surface area contributed by atoms with E-state index < -0.39 is 16.7 Å². The molecular weight excluding hydrogens is 303 g/mol. The number of nitro groups is 1. The molecule has 0 aliphatic carbocycles. The first-order valence-corrected chi connectivity index (χ1v) is 6.00. The van der Waals surface area contributed by atoms with Crippen molar-refractivity contribution < 1.29 is 19.2 Å². The number of nitrogens with zero attached hydrogens (tertiary/aromatic N) is 1. The molecule has 0 unspecified atom stereocenters. The predicted octanol–water partition coefficient (Wildman–Crippen LogP) is 3.83. The fraction of sp³-hybridized carbons (Fsp3) is 0. The van der Waals surface area contributed by atoms with Crippen molar-refractivity contribution in [1.82, 2.24) is 0 Å². The lowest BCUT2D eigenvalue weighted by Gasteiger charge is -2.08. The Balaban J connectivity index is 2.45. The smallest absolute Gasteiger partial charge is 0.335 e. The van der Waals surface area contributed by atoms with Crippen LogP contribution in [0, 0.1) is 15.9 Å². The molecule has 2 aromatic rings. The molecule has 2 aromatic carbocycles. The molecule has 6 nitrogen and oxygen atoms in total. The molecule has 0 fully saturated rings. The van der Waals surface area contributed by atoms with Gasteiger partial charge in [0.05, 0.1) is 15.5 Å². The third-order valence-corrected chi connectivity index (χ3v) is 2.95. The van der Waals surface area contributed by atoms with Crippen molar-refractivity contribution in [2.24, 2.45) is 0 Å². The number of carboxylic acid groups (broad SMARTS) is 1. The van der Waals surface area contributed by atoms with Gasteiger partial charge in [-0.05, 0) is 30.3 Å². The summed E-state index contributed by atoms with van der Waals surface area (Å²) >= 11 is 5.54. The maximum absolute atomic E-state index is 13.3. The van der Waals surface area contributed by atoms with Gasteiger partial charge in [-0.3, -0.25) is 10.1 Å². The topological polar surface area (TPSA) is 92.5 Å². The first kappa shape index (κ1) is 14.7. The third-order valence-electron chi connectivity index (χ3n) is 2.64. The van der Waals surface area contributed by atoms with Gasteiger partial charge >= 0.3 is 5.97 Å². The normalized spacial score (nSPS) is 10.2. The SMILES string of the molecule is O=C(O)c1ccc([N+](=O)[O-])c(Nc2ccc(Cl)c(F)c2)c1. The predicted molar refractivity (Wildman–Crippen MR) is 74.7 cm³/mol. The lowest BCUT2D eigenvalue weighted by molar-refractivity contribution is -0.383. The number of hydrogen-bond acceptors (Lipinski definition) is 4. The van der Waals surface area contributed by atoms with Gasteiger partial charge in [-0.1, -0.05) is 11.6 Å². The molecule has 2 N–H and O–H groups in total. The second kappa shape index (κ2) is 5.76. The molecule has 21 heavy (non-hydrogen) atoms. The van der Waals surface area contributed by atoms with Crippen molar-refractivity contribution in [2.45, 2.75) is 0 Å². The largest absolute Gasteiger partial charge is 0.478 e. The van der Waals surface area contributed by atoms with E-state index in [4.69, 9.17) is 16.7 Å². The maximum atomic E-state index is 13.3. The third kappa shape index (κ3) is 3.26. The van der Waals surface area contributed by atoms with Crippen molar-refractivity contribution in [3.8, 4) is 0 Å². The number of nitro benzene ring substituents is 1. The molecule has 0 saturated carbocycles. The summed E-state index contributed by atoms with van der Waals surface area (Å²) in [6, 6.07) is 7.05. The van der Waals surface area contributed by atoms with Crippen molar-refractivity contribution >= 4 is 34.6 Å². The van der Waals surface area contributed by atoms with Crippen LogP contribution in [0.25, 0.3) is 0 Å². The number of rotatable bonds is 4. The number of carboxylic acids is 1. The molecule has 8 heteroatoms. The molecule has 2 rings (SSSR count). The van der Waals surface area contributed by atoms with Crippen molar-refractivity contribution in [3.05, 3.63) is 62.9 Å². The molecular formula is C13H8ClFN2O4. The highest BCUT2D eigenvalue weighted by atomic mass is 35.5. The second-order valence-electron chi connectivity index (χ2n) is 4.05. The van der Waals surface area contributed by atoms with E-state index in [9.17, 15) is 19.3 Å². The van der Waals surface area contributed by atoms with Gasteiger partial charge in [-0.15, -0.1) is 0 Å². The summed E-state index contributed by atoms with van der Waals surface area (Å²) in [5, 5.41) is 22.4. The molecule has 0 bridgehead atoms. The highest BCUT2D eigenvalue weighted by Crippen LogP contribution is 2.30. The summed E-state index contributed by atoms with van der Waals surface area (Å²) < 4.78 is 13.3. The highest BCUT2D eigenvalue weighted by Gasteiger charge is 2.17. The minimum absolute atomic E-state index is 0.0541. The Kier molecular flexibility index (Phi) is 4.04. The van der Waals surface area contributed by atoms with E-state index in [0.717, 1.165) is 24.3 Å². The second-order valence-corrected chi connectivity index (χ2v) is 4.46. The number of hydrogen-bond donors (Lipinski definition) is 2. The van der Waals surface area contributed by atoms with Gasteiger partial charge in [-0.2, -0.15) is 0 Å². The Morgan fingerprint density at radius 2 is 2.00 bits per heavy atom. The summed E-state index contributed by atoms with van der Waals surface area (Å²) in [5.41, 5.74) is -0.294. The van der Waals surface area contributed by atoms with Gasteiger partial charge < -0.3 is 10.4 Å².